The van der Waals surface area contributed by atoms with E-state index in [9.17, 15) is 13.2 Å². The van der Waals surface area contributed by atoms with Crippen molar-refractivity contribution in [3.05, 3.63) is 0 Å². The highest BCUT2D eigenvalue weighted by atomic mass is 19.4. The summed E-state index contributed by atoms with van der Waals surface area (Å²) in [5, 5.41) is 3.17. The van der Waals surface area contributed by atoms with Crippen LogP contribution < -0.4 is 5.32 Å². The lowest BCUT2D eigenvalue weighted by atomic mass is 10.2. The summed E-state index contributed by atoms with van der Waals surface area (Å²) < 4.78 is 36.8. The molecule has 1 aliphatic rings. The van der Waals surface area contributed by atoms with Crippen molar-refractivity contribution in [3.8, 4) is 0 Å². The molecule has 0 heterocycles. The first kappa shape index (κ1) is 13.8. The van der Waals surface area contributed by atoms with Crippen LogP contribution in [0.4, 0.5) is 13.2 Å². The lowest BCUT2D eigenvalue weighted by molar-refractivity contribution is -0.147. The molecule has 0 spiro atoms. The molecule has 2 nitrogen and oxygen atoms in total. The van der Waals surface area contributed by atoms with Crippen LogP contribution in [-0.2, 0) is 0 Å². The Morgan fingerprint density at radius 2 is 1.94 bits per heavy atom. The van der Waals surface area contributed by atoms with Gasteiger partial charge in [0.15, 0.2) is 0 Å². The van der Waals surface area contributed by atoms with E-state index in [2.05, 4.69) is 19.2 Å². The van der Waals surface area contributed by atoms with Crippen LogP contribution in [0.2, 0.25) is 0 Å². The van der Waals surface area contributed by atoms with Crippen LogP contribution in [0.15, 0.2) is 0 Å². The Bertz CT molecular complexity index is 200. The first-order valence-electron chi connectivity index (χ1n) is 5.90. The van der Waals surface area contributed by atoms with Crippen LogP contribution >= 0.6 is 0 Å². The molecule has 0 saturated heterocycles. The quantitative estimate of drug-likeness (QED) is 0.684. The predicted molar refractivity (Wildman–Crippen MR) is 58.4 cm³/mol. The molecule has 0 aromatic rings. The third kappa shape index (κ3) is 6.33. The van der Waals surface area contributed by atoms with Crippen molar-refractivity contribution in [2.45, 2.75) is 38.9 Å². The number of nitrogens with one attached hydrogen (secondary N) is 1. The largest absolute Gasteiger partial charge is 0.401 e. The van der Waals surface area contributed by atoms with E-state index in [0.29, 0.717) is 19.0 Å². The molecule has 0 aromatic carbocycles. The highest BCUT2D eigenvalue weighted by molar-refractivity contribution is 4.85. The summed E-state index contributed by atoms with van der Waals surface area (Å²) in [6.07, 6.45) is -2.23. The number of alkyl halides is 3. The van der Waals surface area contributed by atoms with Gasteiger partial charge < -0.3 is 5.32 Å². The standard InChI is InChI=1S/C11H21F3N2/c1-9(2)7-15-5-6-16(10-3-4-10)8-11(12,13)14/h9-10,15H,3-8H2,1-2H3. The summed E-state index contributed by atoms with van der Waals surface area (Å²) in [7, 11) is 0. The molecule has 0 bridgehead atoms. The lowest BCUT2D eigenvalue weighted by Gasteiger charge is -2.23. The fourth-order valence-electron chi connectivity index (χ4n) is 1.67. The van der Waals surface area contributed by atoms with Crippen LogP contribution in [0.3, 0.4) is 0 Å². The van der Waals surface area contributed by atoms with Gasteiger partial charge in [-0.15, -0.1) is 0 Å². The normalized spacial score (nSPS) is 17.4. The third-order valence-electron chi connectivity index (χ3n) is 2.57. The molecule has 96 valence electrons. The second-order valence-electron chi connectivity index (χ2n) is 4.91. The molecule has 1 rings (SSSR count). The zero-order valence-corrected chi connectivity index (χ0v) is 9.98. The van der Waals surface area contributed by atoms with Gasteiger partial charge in [-0.25, -0.2) is 0 Å². The topological polar surface area (TPSA) is 15.3 Å². The van der Waals surface area contributed by atoms with E-state index in [1.807, 2.05) is 0 Å². The lowest BCUT2D eigenvalue weighted by Crippen LogP contribution is -2.40. The predicted octanol–water partition coefficient (Wildman–Crippen LogP) is 2.26. The molecule has 0 atom stereocenters. The fourth-order valence-corrected chi connectivity index (χ4v) is 1.67. The summed E-state index contributed by atoms with van der Waals surface area (Å²) in [5.74, 6) is 0.539. The van der Waals surface area contributed by atoms with E-state index in [0.717, 1.165) is 19.4 Å². The molecule has 1 N–H and O–H groups in total. The van der Waals surface area contributed by atoms with Crippen LogP contribution in [0, 0.1) is 5.92 Å². The van der Waals surface area contributed by atoms with Crippen molar-refractivity contribution in [2.24, 2.45) is 5.92 Å². The van der Waals surface area contributed by atoms with E-state index in [4.69, 9.17) is 0 Å². The van der Waals surface area contributed by atoms with Gasteiger partial charge in [-0.2, -0.15) is 13.2 Å². The fraction of sp³-hybridized carbons (Fsp3) is 1.00. The highest BCUT2D eigenvalue weighted by Gasteiger charge is 2.37. The van der Waals surface area contributed by atoms with Crippen LogP contribution in [-0.4, -0.2) is 43.3 Å². The van der Waals surface area contributed by atoms with Gasteiger partial charge in [0.1, 0.15) is 0 Å². The maximum Gasteiger partial charge on any atom is 0.401 e. The zero-order chi connectivity index (χ0) is 12.2. The third-order valence-corrected chi connectivity index (χ3v) is 2.57. The number of rotatable bonds is 7. The number of halogens is 3. The van der Waals surface area contributed by atoms with E-state index >= 15 is 0 Å². The first-order valence-corrected chi connectivity index (χ1v) is 5.90. The van der Waals surface area contributed by atoms with E-state index in [1.165, 1.54) is 0 Å². The monoisotopic (exact) mass is 238 g/mol. The van der Waals surface area contributed by atoms with Crippen molar-refractivity contribution in [1.82, 2.24) is 10.2 Å². The maximum atomic E-state index is 12.3. The summed E-state index contributed by atoms with van der Waals surface area (Å²) >= 11 is 0. The molecule has 0 aliphatic heterocycles. The van der Waals surface area contributed by atoms with Crippen molar-refractivity contribution < 1.29 is 13.2 Å². The number of hydrogen-bond donors (Lipinski definition) is 1. The highest BCUT2D eigenvalue weighted by Crippen LogP contribution is 2.29. The van der Waals surface area contributed by atoms with Gasteiger partial charge in [0.05, 0.1) is 6.54 Å². The smallest absolute Gasteiger partial charge is 0.315 e. The molecule has 1 aliphatic carbocycles. The van der Waals surface area contributed by atoms with Gasteiger partial charge in [-0.3, -0.25) is 4.90 Å². The first-order chi connectivity index (χ1) is 7.38. The summed E-state index contributed by atoms with van der Waals surface area (Å²) in [6, 6.07) is 0.169. The van der Waals surface area contributed by atoms with Crippen molar-refractivity contribution in [1.29, 1.82) is 0 Å². The molecule has 16 heavy (non-hydrogen) atoms. The van der Waals surface area contributed by atoms with Gasteiger partial charge in [0.2, 0.25) is 0 Å². The molecule has 1 fully saturated rings. The average Bonchev–Trinajstić information content (AvgIpc) is 2.90. The Balaban J connectivity index is 2.18. The Morgan fingerprint density at radius 3 is 2.38 bits per heavy atom. The van der Waals surface area contributed by atoms with Crippen LogP contribution in [0.5, 0.6) is 0 Å². The molecular weight excluding hydrogens is 217 g/mol. The summed E-state index contributed by atoms with van der Waals surface area (Å²) in [4.78, 5) is 1.55. The Labute approximate surface area is 95.2 Å². The Kier molecular flexibility index (Phi) is 5.05. The Morgan fingerprint density at radius 1 is 1.31 bits per heavy atom. The summed E-state index contributed by atoms with van der Waals surface area (Å²) in [5.41, 5.74) is 0. The molecular formula is C11H21F3N2. The molecule has 0 aromatic heterocycles. The summed E-state index contributed by atoms with van der Waals surface area (Å²) in [6.45, 7) is 5.41. The average molecular weight is 238 g/mol. The minimum Gasteiger partial charge on any atom is -0.315 e. The van der Waals surface area contributed by atoms with E-state index < -0.39 is 12.7 Å². The van der Waals surface area contributed by atoms with Gasteiger partial charge in [0, 0.05) is 19.1 Å². The van der Waals surface area contributed by atoms with Gasteiger partial charge in [0.25, 0.3) is 0 Å². The van der Waals surface area contributed by atoms with Gasteiger partial charge >= 0.3 is 6.18 Å². The van der Waals surface area contributed by atoms with Gasteiger partial charge in [-0.1, -0.05) is 13.8 Å². The second kappa shape index (κ2) is 5.87. The van der Waals surface area contributed by atoms with E-state index in [1.54, 1.807) is 4.90 Å². The zero-order valence-electron chi connectivity index (χ0n) is 9.98. The Hall–Kier alpha value is -0.290. The molecule has 0 amide bonds. The minimum absolute atomic E-state index is 0.169. The second-order valence-corrected chi connectivity index (χ2v) is 4.91. The number of hydrogen-bond acceptors (Lipinski definition) is 2. The minimum atomic E-state index is -4.07. The van der Waals surface area contributed by atoms with Gasteiger partial charge in [-0.05, 0) is 25.3 Å². The van der Waals surface area contributed by atoms with Crippen molar-refractivity contribution in [3.63, 3.8) is 0 Å². The molecule has 0 unspecified atom stereocenters. The SMILES string of the molecule is CC(C)CNCCN(CC(F)(F)F)C1CC1. The van der Waals surface area contributed by atoms with Crippen LogP contribution in [0.25, 0.3) is 0 Å². The molecule has 5 heteroatoms. The molecule has 0 radical (unpaired) electrons. The molecule has 1 saturated carbocycles. The van der Waals surface area contributed by atoms with Crippen LogP contribution in [0.1, 0.15) is 26.7 Å². The van der Waals surface area contributed by atoms with E-state index in [-0.39, 0.29) is 6.04 Å². The van der Waals surface area contributed by atoms with Crippen molar-refractivity contribution >= 4 is 0 Å². The van der Waals surface area contributed by atoms with Crippen molar-refractivity contribution in [2.75, 3.05) is 26.2 Å². The maximum absolute atomic E-state index is 12.3. The number of nitrogens with zero attached hydrogens (tertiary/aromatic N) is 1.